The number of hydrogen-bond donors (Lipinski definition) is 2. The van der Waals surface area contributed by atoms with Crippen LogP contribution in [0, 0.1) is 19.8 Å². The van der Waals surface area contributed by atoms with Gasteiger partial charge in [0.15, 0.2) is 5.11 Å². The van der Waals surface area contributed by atoms with Gasteiger partial charge in [-0.05, 0) is 73.7 Å². The van der Waals surface area contributed by atoms with Crippen LogP contribution in [0.2, 0.25) is 0 Å². The highest BCUT2D eigenvalue weighted by Gasteiger charge is 2.13. The summed E-state index contributed by atoms with van der Waals surface area (Å²) in [5.74, 6) is 0.858. The van der Waals surface area contributed by atoms with Crippen LogP contribution in [0.1, 0.15) is 31.4 Å². The maximum absolute atomic E-state index is 5.40. The largest absolute Gasteiger partial charge is 0.332 e. The Morgan fingerprint density at radius 2 is 1.89 bits per heavy atom. The van der Waals surface area contributed by atoms with E-state index in [-0.39, 0.29) is 0 Å². The summed E-state index contributed by atoms with van der Waals surface area (Å²) in [6.45, 7) is 16.1. The van der Waals surface area contributed by atoms with Crippen LogP contribution in [0.3, 0.4) is 0 Å². The Morgan fingerprint density at radius 1 is 1.21 bits per heavy atom. The maximum Gasteiger partial charge on any atom is 0.176 e. The topological polar surface area (TPSA) is 48.8 Å². The van der Waals surface area contributed by atoms with Gasteiger partial charge in [0.2, 0.25) is 0 Å². The van der Waals surface area contributed by atoms with Gasteiger partial charge in [0.25, 0.3) is 0 Å². The summed E-state index contributed by atoms with van der Waals surface area (Å²) in [4.78, 5) is 8.71. The molecule has 1 aliphatic carbocycles. The van der Waals surface area contributed by atoms with Crippen molar-refractivity contribution in [1.82, 2.24) is 5.32 Å². The lowest BCUT2D eigenvalue weighted by Crippen LogP contribution is -2.27. The average molecular weight is 393 g/mol. The normalized spacial score (nSPS) is 16.6. The molecule has 5 heteroatoms. The molecule has 0 heterocycles. The summed E-state index contributed by atoms with van der Waals surface area (Å²) in [6.07, 6.45) is 8.75. The van der Waals surface area contributed by atoms with Gasteiger partial charge in [-0.25, -0.2) is 4.99 Å². The van der Waals surface area contributed by atoms with E-state index in [0.717, 1.165) is 40.1 Å². The Labute approximate surface area is 173 Å². The van der Waals surface area contributed by atoms with Crippen LogP contribution in [0.15, 0.2) is 76.2 Å². The third-order valence-electron chi connectivity index (χ3n) is 4.55. The predicted octanol–water partition coefficient (Wildman–Crippen LogP) is 5.63. The molecule has 0 saturated heterocycles. The molecule has 146 valence electrons. The molecule has 4 nitrogen and oxygen atoms in total. The molecule has 28 heavy (non-hydrogen) atoms. The van der Waals surface area contributed by atoms with Crippen molar-refractivity contribution in [3.8, 4) is 0 Å². The number of benzene rings is 1. The summed E-state index contributed by atoms with van der Waals surface area (Å²) in [7, 11) is 0. The number of hydrogen-bond acceptors (Lipinski definition) is 3. The molecule has 0 amide bonds. The van der Waals surface area contributed by atoms with Crippen molar-refractivity contribution < 1.29 is 0 Å². The molecule has 0 bridgehead atoms. The van der Waals surface area contributed by atoms with Crippen molar-refractivity contribution in [3.05, 3.63) is 77.3 Å². The van der Waals surface area contributed by atoms with Crippen LogP contribution in [0.5, 0.6) is 0 Å². The monoisotopic (exact) mass is 392 g/mol. The molecule has 0 fully saturated rings. The summed E-state index contributed by atoms with van der Waals surface area (Å²) in [5, 5.41) is 6.73. The van der Waals surface area contributed by atoms with E-state index in [4.69, 9.17) is 12.2 Å². The number of rotatable bonds is 6. The second-order valence-electron chi connectivity index (χ2n) is 6.83. The first kappa shape index (κ1) is 21.5. The second-order valence-corrected chi connectivity index (χ2v) is 7.23. The molecule has 0 saturated carbocycles. The maximum atomic E-state index is 5.40. The van der Waals surface area contributed by atoms with Gasteiger partial charge in [0.1, 0.15) is 5.82 Å². The molecular weight excluding hydrogens is 364 g/mol. The fourth-order valence-electron chi connectivity index (χ4n) is 2.89. The van der Waals surface area contributed by atoms with Crippen molar-refractivity contribution >= 4 is 35.4 Å². The van der Waals surface area contributed by atoms with Crippen molar-refractivity contribution in [2.24, 2.45) is 15.9 Å². The fourth-order valence-corrected chi connectivity index (χ4v) is 3.11. The lowest BCUT2D eigenvalue weighted by Gasteiger charge is -2.18. The molecule has 1 unspecified atom stereocenters. The summed E-state index contributed by atoms with van der Waals surface area (Å²) < 4.78 is 0. The minimum atomic E-state index is 0.374. The van der Waals surface area contributed by atoms with Gasteiger partial charge in [0.05, 0.1) is 5.70 Å². The van der Waals surface area contributed by atoms with Gasteiger partial charge in [-0.3, -0.25) is 4.99 Å². The van der Waals surface area contributed by atoms with E-state index in [9.17, 15) is 0 Å². The lowest BCUT2D eigenvalue weighted by molar-refractivity contribution is 0.711. The van der Waals surface area contributed by atoms with E-state index < -0.39 is 0 Å². The van der Waals surface area contributed by atoms with Crippen LogP contribution in [0.4, 0.5) is 5.69 Å². The molecule has 2 rings (SSSR count). The number of aryl methyl sites for hydroxylation is 2. The van der Waals surface area contributed by atoms with E-state index in [1.54, 1.807) is 6.21 Å². The number of anilines is 1. The quantitative estimate of drug-likeness (QED) is 0.487. The lowest BCUT2D eigenvalue weighted by atomic mass is 9.89. The first-order valence-electron chi connectivity index (χ1n) is 9.28. The SMILES string of the molecule is C=C(/N=C\C1=CC(C(=C)/N=C\C)=CCC1C)NC(=S)Nc1c(C)cccc1C. The Morgan fingerprint density at radius 3 is 2.54 bits per heavy atom. The molecule has 1 aromatic carbocycles. The van der Waals surface area contributed by atoms with Crippen LogP contribution < -0.4 is 10.6 Å². The predicted molar refractivity (Wildman–Crippen MR) is 126 cm³/mol. The fraction of sp³-hybridized carbons (Fsp3) is 0.261. The number of thiocarbonyl (C=S) groups is 1. The third-order valence-corrected chi connectivity index (χ3v) is 4.75. The van der Waals surface area contributed by atoms with Crippen molar-refractivity contribution in [1.29, 1.82) is 0 Å². The van der Waals surface area contributed by atoms with Gasteiger partial charge in [0, 0.05) is 18.1 Å². The number of allylic oxidation sites excluding steroid dienone is 3. The number of para-hydroxylation sites is 1. The van der Waals surface area contributed by atoms with E-state index in [0.29, 0.717) is 16.9 Å². The minimum absolute atomic E-state index is 0.374. The van der Waals surface area contributed by atoms with Crippen molar-refractivity contribution in [3.63, 3.8) is 0 Å². The average Bonchev–Trinajstić information content (AvgIpc) is 2.64. The Hall–Kier alpha value is -2.79. The zero-order chi connectivity index (χ0) is 20.7. The van der Waals surface area contributed by atoms with Gasteiger partial charge in [-0.2, -0.15) is 0 Å². The van der Waals surface area contributed by atoms with E-state index in [1.165, 1.54) is 0 Å². The first-order chi connectivity index (χ1) is 13.3. The molecule has 1 atom stereocenters. The molecule has 0 spiro atoms. The third kappa shape index (κ3) is 5.86. The van der Waals surface area contributed by atoms with Gasteiger partial charge in [-0.1, -0.05) is 44.4 Å². The van der Waals surface area contributed by atoms with Crippen molar-refractivity contribution in [2.45, 2.75) is 34.1 Å². The molecule has 0 radical (unpaired) electrons. The summed E-state index contributed by atoms with van der Waals surface area (Å²) in [5.41, 5.74) is 6.17. The van der Waals surface area contributed by atoms with E-state index in [2.05, 4.69) is 52.9 Å². The molecule has 0 aromatic heterocycles. The molecule has 2 N–H and O–H groups in total. The van der Waals surface area contributed by atoms with Crippen molar-refractivity contribution in [2.75, 3.05) is 5.32 Å². The summed E-state index contributed by atoms with van der Waals surface area (Å²) in [6, 6.07) is 6.12. The smallest absolute Gasteiger partial charge is 0.176 e. The Bertz CT molecular complexity index is 883. The van der Waals surface area contributed by atoms with Crippen LogP contribution in [-0.2, 0) is 0 Å². The molecule has 1 aliphatic rings. The Kier molecular flexibility index (Phi) is 7.64. The van der Waals surface area contributed by atoms with E-state index >= 15 is 0 Å². The highest BCUT2D eigenvalue weighted by molar-refractivity contribution is 7.80. The van der Waals surface area contributed by atoms with Crippen LogP contribution in [0.25, 0.3) is 0 Å². The number of nitrogens with one attached hydrogen (secondary N) is 2. The van der Waals surface area contributed by atoms with E-state index in [1.807, 2.05) is 45.2 Å². The van der Waals surface area contributed by atoms with Gasteiger partial charge in [-0.15, -0.1) is 0 Å². The van der Waals surface area contributed by atoms with Crippen LogP contribution >= 0.6 is 12.2 Å². The first-order valence-corrected chi connectivity index (χ1v) is 9.69. The zero-order valence-electron chi connectivity index (χ0n) is 17.0. The van der Waals surface area contributed by atoms with Gasteiger partial charge < -0.3 is 10.6 Å². The Balaban J connectivity index is 2.01. The highest BCUT2D eigenvalue weighted by atomic mass is 32.1. The zero-order valence-corrected chi connectivity index (χ0v) is 17.9. The molecular formula is C23H28N4S. The van der Waals surface area contributed by atoms with Gasteiger partial charge >= 0.3 is 0 Å². The molecule has 1 aromatic rings. The highest BCUT2D eigenvalue weighted by Crippen LogP contribution is 2.26. The number of nitrogens with zero attached hydrogens (tertiary/aromatic N) is 2. The minimum Gasteiger partial charge on any atom is -0.332 e. The van der Waals surface area contributed by atoms with Crippen LogP contribution in [-0.4, -0.2) is 17.5 Å². The summed E-state index contributed by atoms with van der Waals surface area (Å²) >= 11 is 5.40. The standard InChI is InChI=1S/C23H28N4S/c1-7-24-18(5)20-12-11-15(2)21(13-20)14-25-19(6)26-23(28)27-22-16(3)9-8-10-17(22)4/h7-10,12-15H,5-6,11H2,1-4H3,(H2,26,27,28)/b24-7-,25-14-. The molecule has 0 aliphatic heterocycles. The second kappa shape index (κ2) is 9.95. The number of aliphatic imine (C=N–C) groups is 2.